The Morgan fingerprint density at radius 3 is 2.56 bits per heavy atom. The Kier molecular flexibility index (Phi) is 4.19. The molecule has 18 heavy (non-hydrogen) atoms. The number of benzene rings is 1. The van der Waals surface area contributed by atoms with Crippen LogP contribution in [0.4, 0.5) is 18.9 Å². The van der Waals surface area contributed by atoms with E-state index in [2.05, 4.69) is 5.32 Å². The van der Waals surface area contributed by atoms with Crippen molar-refractivity contribution in [3.63, 3.8) is 0 Å². The van der Waals surface area contributed by atoms with E-state index in [0.717, 1.165) is 6.07 Å². The molecule has 1 unspecified atom stereocenters. The quantitative estimate of drug-likeness (QED) is 0.844. The first kappa shape index (κ1) is 14.3. The summed E-state index contributed by atoms with van der Waals surface area (Å²) in [6.45, 7) is 1.34. The minimum absolute atomic E-state index is 0.140. The number of amides is 1. The second-order valence-electron chi connectivity index (χ2n) is 3.48. The summed E-state index contributed by atoms with van der Waals surface area (Å²) in [5.41, 5.74) is -1.63. The number of hydrogen-bond acceptors (Lipinski definition) is 2. The average Bonchev–Trinajstić information content (AvgIpc) is 2.27. The summed E-state index contributed by atoms with van der Waals surface area (Å²) in [4.78, 5) is 11.3. The zero-order chi connectivity index (χ0) is 13.9. The molecule has 0 aliphatic rings. The van der Waals surface area contributed by atoms with Gasteiger partial charge in [-0.3, -0.25) is 4.79 Å². The molecular weight excluding hydrogens is 269 g/mol. The SMILES string of the molecule is CC(Cl)C(=O)Nc1ccc(C#N)cc1C(F)(F)F. The summed E-state index contributed by atoms with van der Waals surface area (Å²) < 4.78 is 38.2. The zero-order valence-corrected chi connectivity index (χ0v) is 9.93. The monoisotopic (exact) mass is 276 g/mol. The molecule has 0 heterocycles. The zero-order valence-electron chi connectivity index (χ0n) is 9.18. The Bertz CT molecular complexity index is 506. The van der Waals surface area contributed by atoms with Crippen LogP contribution in [0.2, 0.25) is 0 Å². The van der Waals surface area contributed by atoms with Crippen LogP contribution in [0, 0.1) is 11.3 Å². The van der Waals surface area contributed by atoms with E-state index in [0.29, 0.717) is 6.07 Å². The standard InChI is InChI=1S/C11H8ClF3N2O/c1-6(12)10(18)17-9-3-2-7(5-16)4-8(9)11(13,14)15/h2-4,6H,1H3,(H,17,18). The van der Waals surface area contributed by atoms with Gasteiger partial charge in [-0.15, -0.1) is 11.6 Å². The number of nitriles is 1. The molecule has 96 valence electrons. The molecule has 0 aromatic heterocycles. The first-order chi connectivity index (χ1) is 8.25. The largest absolute Gasteiger partial charge is 0.418 e. The number of nitrogens with zero attached hydrogens (tertiary/aromatic N) is 1. The molecule has 1 aromatic rings. The Morgan fingerprint density at radius 2 is 2.11 bits per heavy atom. The van der Waals surface area contributed by atoms with Gasteiger partial charge < -0.3 is 5.32 Å². The maximum atomic E-state index is 12.7. The van der Waals surface area contributed by atoms with Crippen molar-refractivity contribution >= 4 is 23.2 Å². The number of carbonyl (C=O) groups is 1. The summed E-state index contributed by atoms with van der Waals surface area (Å²) in [6.07, 6.45) is -4.66. The van der Waals surface area contributed by atoms with Crippen molar-refractivity contribution in [1.29, 1.82) is 5.26 Å². The predicted octanol–water partition coefficient (Wildman–Crippen LogP) is 3.14. The van der Waals surface area contributed by atoms with Crippen LogP contribution >= 0.6 is 11.6 Å². The topological polar surface area (TPSA) is 52.9 Å². The second-order valence-corrected chi connectivity index (χ2v) is 4.13. The molecule has 1 amide bonds. The van der Waals surface area contributed by atoms with Gasteiger partial charge in [-0.2, -0.15) is 18.4 Å². The van der Waals surface area contributed by atoms with Gasteiger partial charge in [0.25, 0.3) is 0 Å². The van der Waals surface area contributed by atoms with Crippen molar-refractivity contribution in [2.45, 2.75) is 18.5 Å². The van der Waals surface area contributed by atoms with Crippen LogP contribution in [0.5, 0.6) is 0 Å². The van der Waals surface area contributed by atoms with Crippen molar-refractivity contribution in [2.24, 2.45) is 0 Å². The van der Waals surface area contributed by atoms with Gasteiger partial charge in [-0.25, -0.2) is 0 Å². The molecule has 0 aliphatic carbocycles. The number of halogens is 4. The van der Waals surface area contributed by atoms with Crippen molar-refractivity contribution in [3.8, 4) is 6.07 Å². The van der Waals surface area contributed by atoms with Crippen molar-refractivity contribution < 1.29 is 18.0 Å². The summed E-state index contributed by atoms with van der Waals surface area (Å²) >= 11 is 5.46. The van der Waals surface area contributed by atoms with Gasteiger partial charge in [0.1, 0.15) is 5.38 Å². The lowest BCUT2D eigenvalue weighted by Gasteiger charge is -2.14. The highest BCUT2D eigenvalue weighted by Crippen LogP contribution is 2.35. The molecule has 0 saturated heterocycles. The Balaban J connectivity index is 3.20. The number of anilines is 1. The smallest absolute Gasteiger partial charge is 0.324 e. The molecular formula is C11H8ClF3N2O. The molecule has 1 rings (SSSR count). The molecule has 1 atom stereocenters. The molecule has 7 heteroatoms. The van der Waals surface area contributed by atoms with Gasteiger partial charge in [-0.1, -0.05) is 0 Å². The van der Waals surface area contributed by atoms with Crippen molar-refractivity contribution in [1.82, 2.24) is 0 Å². The molecule has 3 nitrogen and oxygen atoms in total. The van der Waals surface area contributed by atoms with Gasteiger partial charge in [0.05, 0.1) is 22.9 Å². The molecule has 0 spiro atoms. The lowest BCUT2D eigenvalue weighted by Crippen LogP contribution is -2.22. The van der Waals surface area contributed by atoms with Gasteiger partial charge in [0.15, 0.2) is 0 Å². The highest BCUT2D eigenvalue weighted by molar-refractivity contribution is 6.32. The van der Waals surface area contributed by atoms with E-state index in [1.807, 2.05) is 0 Å². The summed E-state index contributed by atoms with van der Waals surface area (Å²) in [7, 11) is 0. The number of hydrogen-bond donors (Lipinski definition) is 1. The fourth-order valence-corrected chi connectivity index (χ4v) is 1.24. The fourth-order valence-electron chi connectivity index (χ4n) is 1.19. The van der Waals surface area contributed by atoms with Gasteiger partial charge in [-0.05, 0) is 25.1 Å². The molecule has 0 saturated carbocycles. The van der Waals surface area contributed by atoms with E-state index < -0.39 is 28.7 Å². The maximum absolute atomic E-state index is 12.7. The third-order valence-corrected chi connectivity index (χ3v) is 2.27. The minimum Gasteiger partial charge on any atom is -0.324 e. The van der Waals surface area contributed by atoms with Crippen LogP contribution in [0.1, 0.15) is 18.1 Å². The van der Waals surface area contributed by atoms with Crippen LogP contribution in [0.25, 0.3) is 0 Å². The number of nitrogens with one attached hydrogen (secondary N) is 1. The van der Waals surface area contributed by atoms with E-state index >= 15 is 0 Å². The third kappa shape index (κ3) is 3.37. The van der Waals surface area contributed by atoms with Gasteiger partial charge in [0, 0.05) is 0 Å². The van der Waals surface area contributed by atoms with E-state index in [9.17, 15) is 18.0 Å². The van der Waals surface area contributed by atoms with Gasteiger partial charge in [0.2, 0.25) is 5.91 Å². The van der Waals surface area contributed by atoms with Crippen LogP contribution in [0.3, 0.4) is 0 Å². The molecule has 0 aliphatic heterocycles. The van der Waals surface area contributed by atoms with Crippen LogP contribution in [0.15, 0.2) is 18.2 Å². The lowest BCUT2D eigenvalue weighted by atomic mass is 10.1. The highest BCUT2D eigenvalue weighted by Gasteiger charge is 2.34. The Morgan fingerprint density at radius 1 is 1.50 bits per heavy atom. The van der Waals surface area contributed by atoms with E-state index in [4.69, 9.17) is 16.9 Å². The first-order valence-electron chi connectivity index (χ1n) is 4.82. The predicted molar refractivity (Wildman–Crippen MR) is 60.1 cm³/mol. The first-order valence-corrected chi connectivity index (χ1v) is 5.25. The average molecular weight is 277 g/mol. The third-order valence-electron chi connectivity index (χ3n) is 2.07. The van der Waals surface area contributed by atoms with Gasteiger partial charge >= 0.3 is 6.18 Å². The summed E-state index contributed by atoms with van der Waals surface area (Å²) in [5, 5.41) is 9.67. The Hall–Kier alpha value is -1.74. The van der Waals surface area contributed by atoms with E-state index in [1.165, 1.54) is 13.0 Å². The number of rotatable bonds is 2. The second kappa shape index (κ2) is 5.27. The van der Waals surface area contributed by atoms with Crippen LogP contribution < -0.4 is 5.32 Å². The normalized spacial score (nSPS) is 12.7. The van der Waals surface area contributed by atoms with Crippen LogP contribution in [-0.4, -0.2) is 11.3 Å². The van der Waals surface area contributed by atoms with E-state index in [1.54, 1.807) is 6.07 Å². The molecule has 0 bridgehead atoms. The summed E-state index contributed by atoms with van der Waals surface area (Å²) in [6, 6.07) is 4.49. The van der Waals surface area contributed by atoms with Crippen LogP contribution in [-0.2, 0) is 11.0 Å². The van der Waals surface area contributed by atoms with Crippen molar-refractivity contribution in [3.05, 3.63) is 29.3 Å². The molecule has 1 aromatic carbocycles. The summed E-state index contributed by atoms with van der Waals surface area (Å²) in [5.74, 6) is -0.744. The van der Waals surface area contributed by atoms with E-state index in [-0.39, 0.29) is 5.56 Å². The number of carbonyl (C=O) groups excluding carboxylic acids is 1. The Labute approximate surface area is 106 Å². The molecule has 0 fully saturated rings. The fraction of sp³-hybridized carbons (Fsp3) is 0.273. The molecule has 0 radical (unpaired) electrons. The maximum Gasteiger partial charge on any atom is 0.418 e. The number of alkyl halides is 4. The molecule has 1 N–H and O–H groups in total. The highest BCUT2D eigenvalue weighted by atomic mass is 35.5. The minimum atomic E-state index is -4.66. The lowest BCUT2D eigenvalue weighted by molar-refractivity contribution is -0.137. The van der Waals surface area contributed by atoms with Crippen molar-refractivity contribution in [2.75, 3.05) is 5.32 Å².